The number of fused-ring (bicyclic) bond motifs is 1. The molecule has 3 rings (SSSR count). The van der Waals surface area contributed by atoms with Crippen LogP contribution >= 0.6 is 0 Å². The summed E-state index contributed by atoms with van der Waals surface area (Å²) >= 11 is 0. The summed E-state index contributed by atoms with van der Waals surface area (Å²) in [5.41, 5.74) is 3.04. The first kappa shape index (κ1) is 15.3. The molecule has 2 aromatic rings. The largest absolute Gasteiger partial charge is 0.424 e. The van der Waals surface area contributed by atoms with Crippen molar-refractivity contribution in [2.24, 2.45) is 0 Å². The predicted octanol–water partition coefficient (Wildman–Crippen LogP) is 2.97. The molecule has 0 bridgehead atoms. The van der Waals surface area contributed by atoms with Crippen molar-refractivity contribution in [2.45, 2.75) is 36.9 Å². The normalized spacial score (nSPS) is 17.5. The van der Waals surface area contributed by atoms with E-state index in [1.165, 1.54) is 0 Å². The van der Waals surface area contributed by atoms with E-state index in [9.17, 15) is 8.42 Å². The maximum atomic E-state index is 12.6. The molecule has 0 N–H and O–H groups in total. The molecule has 0 fully saturated rings. The Balaban J connectivity index is 2.00. The summed E-state index contributed by atoms with van der Waals surface area (Å²) in [6.07, 6.45) is 0.969. The highest BCUT2D eigenvalue weighted by Crippen LogP contribution is 2.29. The Morgan fingerprint density at radius 1 is 1.09 bits per heavy atom. The van der Waals surface area contributed by atoms with Gasteiger partial charge in [0.05, 0.1) is 16.8 Å². The molecule has 22 heavy (non-hydrogen) atoms. The average molecular weight is 314 g/mol. The van der Waals surface area contributed by atoms with E-state index < -0.39 is 9.84 Å². The van der Waals surface area contributed by atoms with Gasteiger partial charge in [-0.25, -0.2) is 8.42 Å². The SMILES string of the molecule is CC[C@H]1OB(C)c2c(CS(=O)(=O)c3ccccc3)cccc21. The van der Waals surface area contributed by atoms with Gasteiger partial charge < -0.3 is 4.65 Å². The third kappa shape index (κ3) is 2.71. The lowest BCUT2D eigenvalue weighted by atomic mass is 9.62. The highest BCUT2D eigenvalue weighted by Gasteiger charge is 2.33. The van der Waals surface area contributed by atoms with Gasteiger partial charge in [0, 0.05) is 0 Å². The van der Waals surface area contributed by atoms with Gasteiger partial charge in [-0.2, -0.15) is 0 Å². The lowest BCUT2D eigenvalue weighted by Crippen LogP contribution is -2.29. The third-order valence-corrected chi connectivity index (χ3v) is 5.85. The van der Waals surface area contributed by atoms with E-state index in [0.717, 1.165) is 23.0 Å². The van der Waals surface area contributed by atoms with E-state index in [-0.39, 0.29) is 18.8 Å². The van der Waals surface area contributed by atoms with Crippen molar-refractivity contribution in [3.8, 4) is 0 Å². The minimum absolute atomic E-state index is 0.0182. The summed E-state index contributed by atoms with van der Waals surface area (Å²) in [7, 11) is -3.34. The van der Waals surface area contributed by atoms with E-state index in [1.807, 2.05) is 31.1 Å². The van der Waals surface area contributed by atoms with Crippen LogP contribution in [0.15, 0.2) is 53.4 Å². The lowest BCUT2D eigenvalue weighted by Gasteiger charge is -2.11. The molecule has 1 aliphatic heterocycles. The van der Waals surface area contributed by atoms with Crippen LogP contribution in [0.5, 0.6) is 0 Å². The Hall–Kier alpha value is -1.59. The molecule has 0 saturated heterocycles. The summed E-state index contributed by atoms with van der Waals surface area (Å²) < 4.78 is 31.2. The Labute approximate surface area is 132 Å². The Bertz CT molecular complexity index is 772. The van der Waals surface area contributed by atoms with E-state index in [4.69, 9.17) is 4.65 Å². The number of hydrogen-bond acceptors (Lipinski definition) is 3. The minimum atomic E-state index is -3.34. The summed E-state index contributed by atoms with van der Waals surface area (Å²) in [6, 6.07) is 14.5. The van der Waals surface area contributed by atoms with Gasteiger partial charge in [-0.05, 0) is 35.1 Å². The van der Waals surface area contributed by atoms with Crippen LogP contribution in [0.4, 0.5) is 0 Å². The number of sulfone groups is 1. The van der Waals surface area contributed by atoms with E-state index in [1.54, 1.807) is 24.3 Å². The van der Waals surface area contributed by atoms with Crippen molar-refractivity contribution in [1.29, 1.82) is 0 Å². The Morgan fingerprint density at radius 2 is 1.82 bits per heavy atom. The van der Waals surface area contributed by atoms with Crippen LogP contribution in [0.3, 0.4) is 0 Å². The maximum absolute atomic E-state index is 12.6. The van der Waals surface area contributed by atoms with Crippen LogP contribution in [-0.2, 0) is 20.2 Å². The van der Waals surface area contributed by atoms with Gasteiger partial charge in [0.25, 0.3) is 0 Å². The second kappa shape index (κ2) is 5.90. The molecule has 0 unspecified atom stereocenters. The smallest absolute Gasteiger partial charge is 0.324 e. The van der Waals surface area contributed by atoms with Crippen molar-refractivity contribution in [1.82, 2.24) is 0 Å². The molecular weight excluding hydrogens is 295 g/mol. The topological polar surface area (TPSA) is 43.4 Å². The standard InChI is InChI=1S/C17H19BO3S/c1-3-16-15-11-7-8-13(17(15)18(2)21-16)12-22(19,20)14-9-5-4-6-10-14/h4-11,16H,3,12H2,1-2H3/t16-/m1/s1. The fourth-order valence-electron chi connectivity index (χ4n) is 3.16. The molecule has 114 valence electrons. The number of rotatable bonds is 4. The first-order valence-electron chi connectivity index (χ1n) is 7.58. The van der Waals surface area contributed by atoms with Crippen LogP contribution in [0.25, 0.3) is 0 Å². The zero-order valence-corrected chi connectivity index (χ0v) is 13.6. The third-order valence-electron chi connectivity index (χ3n) is 4.17. The molecule has 2 aromatic carbocycles. The molecular formula is C17H19BO3S. The van der Waals surface area contributed by atoms with Crippen molar-refractivity contribution in [3.63, 3.8) is 0 Å². The summed E-state index contributed by atoms with van der Waals surface area (Å²) in [5, 5.41) is 0. The molecule has 0 spiro atoms. The average Bonchev–Trinajstić information content (AvgIpc) is 2.85. The maximum Gasteiger partial charge on any atom is 0.324 e. The van der Waals surface area contributed by atoms with Gasteiger partial charge in [0.1, 0.15) is 0 Å². The fraction of sp³-hybridized carbons (Fsp3) is 0.294. The van der Waals surface area contributed by atoms with Crippen LogP contribution in [-0.4, -0.2) is 15.3 Å². The quantitative estimate of drug-likeness (QED) is 0.815. The van der Waals surface area contributed by atoms with Gasteiger partial charge in [-0.1, -0.05) is 50.1 Å². The van der Waals surface area contributed by atoms with Gasteiger partial charge in [0.15, 0.2) is 9.84 Å². The van der Waals surface area contributed by atoms with Crippen LogP contribution < -0.4 is 5.46 Å². The second-order valence-electron chi connectivity index (χ2n) is 5.67. The fourth-order valence-corrected chi connectivity index (χ4v) is 4.55. The zero-order valence-electron chi connectivity index (χ0n) is 12.8. The Morgan fingerprint density at radius 3 is 2.50 bits per heavy atom. The first-order chi connectivity index (χ1) is 10.5. The van der Waals surface area contributed by atoms with Crippen molar-refractivity contribution in [2.75, 3.05) is 0 Å². The molecule has 5 heteroatoms. The second-order valence-corrected chi connectivity index (χ2v) is 7.66. The molecule has 1 heterocycles. The molecule has 0 saturated carbocycles. The van der Waals surface area contributed by atoms with Crippen LogP contribution in [0.2, 0.25) is 6.82 Å². The highest BCUT2D eigenvalue weighted by molar-refractivity contribution is 7.90. The summed E-state index contributed by atoms with van der Waals surface area (Å²) in [4.78, 5) is 0.367. The minimum Gasteiger partial charge on any atom is -0.424 e. The number of hydrogen-bond donors (Lipinski definition) is 0. The van der Waals surface area contributed by atoms with Gasteiger partial charge in [0.2, 0.25) is 0 Å². The molecule has 0 aliphatic carbocycles. The highest BCUT2D eigenvalue weighted by atomic mass is 32.2. The lowest BCUT2D eigenvalue weighted by molar-refractivity contribution is 0.221. The first-order valence-corrected chi connectivity index (χ1v) is 9.23. The molecule has 0 radical (unpaired) electrons. The monoisotopic (exact) mass is 314 g/mol. The molecule has 0 aromatic heterocycles. The van der Waals surface area contributed by atoms with Crippen LogP contribution in [0, 0.1) is 0 Å². The molecule has 0 amide bonds. The van der Waals surface area contributed by atoms with Gasteiger partial charge in [-0.3, -0.25) is 0 Å². The van der Waals surface area contributed by atoms with Gasteiger partial charge in [-0.15, -0.1) is 0 Å². The predicted molar refractivity (Wildman–Crippen MR) is 89.1 cm³/mol. The molecule has 1 atom stereocenters. The van der Waals surface area contributed by atoms with Crippen molar-refractivity contribution >= 4 is 22.2 Å². The zero-order chi connectivity index (χ0) is 15.7. The Kier molecular flexibility index (Phi) is 4.11. The summed E-state index contributed by atoms with van der Waals surface area (Å²) in [6.45, 7) is 4.02. The van der Waals surface area contributed by atoms with Crippen molar-refractivity contribution in [3.05, 3.63) is 59.7 Å². The van der Waals surface area contributed by atoms with Gasteiger partial charge >= 0.3 is 6.92 Å². The summed E-state index contributed by atoms with van der Waals surface area (Å²) in [5.74, 6) is 0.0182. The van der Waals surface area contributed by atoms with E-state index in [0.29, 0.717) is 4.90 Å². The van der Waals surface area contributed by atoms with E-state index in [2.05, 4.69) is 6.92 Å². The molecule has 3 nitrogen and oxygen atoms in total. The van der Waals surface area contributed by atoms with Crippen molar-refractivity contribution < 1.29 is 13.1 Å². The van der Waals surface area contributed by atoms with Crippen LogP contribution in [0.1, 0.15) is 30.6 Å². The molecule has 1 aliphatic rings. The number of benzene rings is 2. The van der Waals surface area contributed by atoms with E-state index >= 15 is 0 Å².